The summed E-state index contributed by atoms with van der Waals surface area (Å²) in [7, 11) is 0. The SMILES string of the molecule is CC(C)(C)c1ccc(NC(=O)NCC#Cc2ccc(N3CCNC3=O)cc2)cc1. The predicted molar refractivity (Wildman–Crippen MR) is 116 cm³/mol. The Balaban J connectivity index is 1.47. The first-order valence-corrected chi connectivity index (χ1v) is 9.63. The maximum atomic E-state index is 12.0. The number of carbonyl (C=O) groups excluding carboxylic acids is 2. The van der Waals surface area contributed by atoms with Crippen molar-refractivity contribution in [2.75, 3.05) is 29.9 Å². The van der Waals surface area contributed by atoms with Crippen LogP contribution in [-0.4, -0.2) is 31.7 Å². The van der Waals surface area contributed by atoms with Gasteiger partial charge in [0.05, 0.1) is 6.54 Å². The first kappa shape index (κ1) is 20.3. The quantitative estimate of drug-likeness (QED) is 0.700. The van der Waals surface area contributed by atoms with Crippen LogP contribution in [0, 0.1) is 11.8 Å². The largest absolute Gasteiger partial charge is 0.336 e. The number of nitrogens with one attached hydrogen (secondary N) is 3. The zero-order valence-corrected chi connectivity index (χ0v) is 17.0. The summed E-state index contributed by atoms with van der Waals surface area (Å²) < 4.78 is 0. The third-order valence-corrected chi connectivity index (χ3v) is 4.61. The van der Waals surface area contributed by atoms with E-state index in [0.29, 0.717) is 13.1 Å². The second kappa shape index (κ2) is 8.70. The summed E-state index contributed by atoms with van der Waals surface area (Å²) in [6.07, 6.45) is 0. The van der Waals surface area contributed by atoms with Gasteiger partial charge in [-0.05, 0) is 47.4 Å². The fraction of sp³-hybridized carbons (Fsp3) is 0.304. The Bertz CT molecular complexity index is 932. The number of benzene rings is 2. The molecule has 0 bridgehead atoms. The van der Waals surface area contributed by atoms with Gasteiger partial charge in [0.1, 0.15) is 0 Å². The van der Waals surface area contributed by atoms with Gasteiger partial charge in [-0.3, -0.25) is 4.90 Å². The van der Waals surface area contributed by atoms with Gasteiger partial charge in [-0.25, -0.2) is 9.59 Å². The number of hydrogen-bond acceptors (Lipinski definition) is 2. The lowest BCUT2D eigenvalue weighted by atomic mass is 9.87. The van der Waals surface area contributed by atoms with E-state index in [9.17, 15) is 9.59 Å². The minimum absolute atomic E-state index is 0.0768. The van der Waals surface area contributed by atoms with Crippen molar-refractivity contribution in [2.24, 2.45) is 0 Å². The lowest BCUT2D eigenvalue weighted by Crippen LogP contribution is -2.28. The summed E-state index contributed by atoms with van der Waals surface area (Å²) in [5.41, 5.74) is 3.71. The van der Waals surface area contributed by atoms with Crippen LogP contribution in [0.4, 0.5) is 21.0 Å². The Morgan fingerprint density at radius 3 is 2.38 bits per heavy atom. The van der Waals surface area contributed by atoms with Crippen molar-refractivity contribution in [1.29, 1.82) is 0 Å². The number of amides is 4. The Labute approximate surface area is 171 Å². The zero-order chi connectivity index (χ0) is 20.9. The van der Waals surface area contributed by atoms with E-state index < -0.39 is 0 Å². The highest BCUT2D eigenvalue weighted by Gasteiger charge is 2.20. The molecule has 0 radical (unpaired) electrons. The van der Waals surface area contributed by atoms with Gasteiger partial charge >= 0.3 is 12.1 Å². The number of urea groups is 2. The van der Waals surface area contributed by atoms with Crippen LogP contribution in [-0.2, 0) is 5.41 Å². The van der Waals surface area contributed by atoms with Crippen LogP contribution in [0.25, 0.3) is 0 Å². The molecule has 0 aliphatic carbocycles. The molecular weight excluding hydrogens is 364 g/mol. The van der Waals surface area contributed by atoms with Crippen LogP contribution in [0.3, 0.4) is 0 Å². The fourth-order valence-corrected chi connectivity index (χ4v) is 2.94. The summed E-state index contributed by atoms with van der Waals surface area (Å²) in [5, 5.41) is 8.30. The molecule has 1 saturated heterocycles. The van der Waals surface area contributed by atoms with Crippen molar-refractivity contribution < 1.29 is 9.59 Å². The molecule has 4 amide bonds. The average molecular weight is 390 g/mol. The van der Waals surface area contributed by atoms with Gasteiger partial charge in [-0.1, -0.05) is 44.7 Å². The highest BCUT2D eigenvalue weighted by atomic mass is 16.2. The zero-order valence-electron chi connectivity index (χ0n) is 17.0. The van der Waals surface area contributed by atoms with Gasteiger partial charge in [0.25, 0.3) is 0 Å². The number of anilines is 2. The molecule has 0 aromatic heterocycles. The lowest BCUT2D eigenvalue weighted by Gasteiger charge is -2.19. The van der Waals surface area contributed by atoms with Gasteiger partial charge in [0, 0.05) is 30.0 Å². The van der Waals surface area contributed by atoms with Crippen molar-refractivity contribution in [3.63, 3.8) is 0 Å². The van der Waals surface area contributed by atoms with Crippen molar-refractivity contribution in [1.82, 2.24) is 10.6 Å². The molecule has 0 saturated carbocycles. The van der Waals surface area contributed by atoms with Gasteiger partial charge in [0.15, 0.2) is 0 Å². The molecule has 1 fully saturated rings. The molecule has 150 valence electrons. The first-order chi connectivity index (χ1) is 13.8. The van der Waals surface area contributed by atoms with Gasteiger partial charge in [0.2, 0.25) is 0 Å². The van der Waals surface area contributed by atoms with Crippen LogP contribution in [0.1, 0.15) is 31.9 Å². The monoisotopic (exact) mass is 390 g/mol. The molecule has 2 aromatic carbocycles. The molecule has 6 nitrogen and oxygen atoms in total. The summed E-state index contributed by atoms with van der Waals surface area (Å²) in [6, 6.07) is 14.9. The topological polar surface area (TPSA) is 73.5 Å². The maximum Gasteiger partial charge on any atom is 0.321 e. The van der Waals surface area contributed by atoms with Crippen molar-refractivity contribution in [2.45, 2.75) is 26.2 Å². The molecular formula is C23H26N4O2. The first-order valence-electron chi connectivity index (χ1n) is 9.63. The van der Waals surface area contributed by atoms with E-state index in [4.69, 9.17) is 0 Å². The molecule has 1 aliphatic rings. The number of rotatable bonds is 3. The summed E-state index contributed by atoms with van der Waals surface area (Å²) in [5.74, 6) is 5.94. The molecule has 3 N–H and O–H groups in total. The predicted octanol–water partition coefficient (Wildman–Crippen LogP) is 3.69. The minimum Gasteiger partial charge on any atom is -0.336 e. The number of nitrogens with zero attached hydrogens (tertiary/aromatic N) is 1. The molecule has 3 rings (SSSR count). The van der Waals surface area contributed by atoms with Crippen LogP contribution in [0.15, 0.2) is 48.5 Å². The molecule has 0 unspecified atom stereocenters. The van der Waals surface area contributed by atoms with Gasteiger partial charge in [-0.2, -0.15) is 0 Å². The third kappa shape index (κ3) is 5.52. The van der Waals surface area contributed by atoms with Crippen LogP contribution in [0.2, 0.25) is 0 Å². The van der Waals surface area contributed by atoms with E-state index >= 15 is 0 Å². The second-order valence-corrected chi connectivity index (χ2v) is 7.87. The Kier molecular flexibility index (Phi) is 6.08. The van der Waals surface area contributed by atoms with Crippen molar-refractivity contribution in [3.05, 3.63) is 59.7 Å². The number of carbonyl (C=O) groups is 2. The summed E-state index contributed by atoms with van der Waals surface area (Å²) >= 11 is 0. The normalized spacial score (nSPS) is 13.3. The van der Waals surface area contributed by atoms with Crippen LogP contribution in [0.5, 0.6) is 0 Å². The van der Waals surface area contributed by atoms with Crippen LogP contribution >= 0.6 is 0 Å². The molecule has 0 atom stereocenters. The van der Waals surface area contributed by atoms with Gasteiger partial charge in [-0.15, -0.1) is 0 Å². The Morgan fingerprint density at radius 1 is 1.10 bits per heavy atom. The molecule has 1 aliphatic heterocycles. The minimum atomic E-state index is -0.293. The molecule has 1 heterocycles. The number of hydrogen-bond donors (Lipinski definition) is 3. The molecule has 2 aromatic rings. The van der Waals surface area contributed by atoms with E-state index in [1.54, 1.807) is 4.90 Å². The third-order valence-electron chi connectivity index (χ3n) is 4.61. The standard InChI is InChI=1S/C23H26N4O2/c1-23(2,3)18-8-10-19(11-9-18)26-21(28)24-14-4-5-17-6-12-20(13-7-17)27-16-15-25-22(27)29/h6-13H,14-16H2,1-3H3,(H,25,29)(H2,24,26,28). The molecule has 6 heteroatoms. The highest BCUT2D eigenvalue weighted by molar-refractivity contribution is 5.94. The van der Waals surface area contributed by atoms with Crippen molar-refractivity contribution in [3.8, 4) is 11.8 Å². The maximum absolute atomic E-state index is 12.0. The van der Waals surface area contributed by atoms with E-state index in [1.165, 1.54) is 5.56 Å². The average Bonchev–Trinajstić information content (AvgIpc) is 3.11. The summed E-state index contributed by atoms with van der Waals surface area (Å²) in [4.78, 5) is 25.4. The fourth-order valence-electron chi connectivity index (χ4n) is 2.94. The summed E-state index contributed by atoms with van der Waals surface area (Å²) in [6.45, 7) is 8.02. The Hall–Kier alpha value is -3.46. The molecule has 29 heavy (non-hydrogen) atoms. The van der Waals surface area contributed by atoms with E-state index in [0.717, 1.165) is 16.9 Å². The van der Waals surface area contributed by atoms with Crippen LogP contribution < -0.4 is 20.9 Å². The van der Waals surface area contributed by atoms with E-state index in [-0.39, 0.29) is 24.0 Å². The van der Waals surface area contributed by atoms with E-state index in [1.807, 2.05) is 48.5 Å². The van der Waals surface area contributed by atoms with Crippen molar-refractivity contribution >= 4 is 23.4 Å². The smallest absolute Gasteiger partial charge is 0.321 e. The lowest BCUT2D eigenvalue weighted by molar-refractivity contribution is 0.251. The Morgan fingerprint density at radius 2 is 1.79 bits per heavy atom. The second-order valence-electron chi connectivity index (χ2n) is 7.87. The van der Waals surface area contributed by atoms with Gasteiger partial charge < -0.3 is 16.0 Å². The van der Waals surface area contributed by atoms with E-state index in [2.05, 4.69) is 48.6 Å². The molecule has 0 spiro atoms. The highest BCUT2D eigenvalue weighted by Crippen LogP contribution is 2.23.